The summed E-state index contributed by atoms with van der Waals surface area (Å²) in [5.41, 5.74) is 2.20. The molecule has 1 atom stereocenters. The van der Waals surface area contributed by atoms with E-state index >= 15 is 0 Å². The van der Waals surface area contributed by atoms with E-state index in [9.17, 15) is 9.59 Å². The van der Waals surface area contributed by atoms with Crippen molar-refractivity contribution >= 4 is 5.91 Å². The molecule has 3 heterocycles. The van der Waals surface area contributed by atoms with E-state index in [4.69, 9.17) is 0 Å². The molecule has 0 unspecified atom stereocenters. The number of rotatable bonds is 6. The van der Waals surface area contributed by atoms with E-state index in [-0.39, 0.29) is 11.5 Å². The maximum atomic E-state index is 12.8. The molecule has 156 valence electrons. The lowest BCUT2D eigenvalue weighted by Gasteiger charge is -2.36. The van der Waals surface area contributed by atoms with Crippen LogP contribution in [0.15, 0.2) is 65.8 Å². The van der Waals surface area contributed by atoms with Crippen molar-refractivity contribution in [3.8, 4) is 5.69 Å². The lowest BCUT2D eigenvalue weighted by molar-refractivity contribution is 0.0907. The normalized spacial score (nSPS) is 17.0. The number of carbonyl (C=O) groups is 1. The fourth-order valence-electron chi connectivity index (χ4n) is 3.99. The number of likely N-dealkylation sites (tertiary alicyclic amines) is 1. The summed E-state index contributed by atoms with van der Waals surface area (Å²) in [6.07, 6.45) is 8.36. The molecule has 0 spiro atoms. The first-order valence-electron chi connectivity index (χ1n) is 10.4. The molecule has 7 nitrogen and oxygen atoms in total. The number of amides is 1. The minimum Gasteiger partial charge on any atom is -0.350 e. The summed E-state index contributed by atoms with van der Waals surface area (Å²) in [4.78, 5) is 27.5. The van der Waals surface area contributed by atoms with Crippen LogP contribution in [0.2, 0.25) is 0 Å². The van der Waals surface area contributed by atoms with Gasteiger partial charge in [-0.1, -0.05) is 36.8 Å². The zero-order valence-corrected chi connectivity index (χ0v) is 17.2. The van der Waals surface area contributed by atoms with Crippen LogP contribution < -0.4 is 10.9 Å². The molecule has 1 N–H and O–H groups in total. The second kappa shape index (κ2) is 9.09. The number of nitrogens with zero attached hydrogens (tertiary/aromatic N) is 4. The number of benzene rings is 1. The molecule has 4 rings (SSSR count). The Morgan fingerprint density at radius 3 is 2.73 bits per heavy atom. The molecule has 1 aliphatic rings. The monoisotopic (exact) mass is 405 g/mol. The Labute approximate surface area is 175 Å². The molecule has 30 heavy (non-hydrogen) atoms. The van der Waals surface area contributed by atoms with Gasteiger partial charge in [-0.15, -0.1) is 0 Å². The number of aromatic nitrogens is 3. The van der Waals surface area contributed by atoms with Gasteiger partial charge in [-0.2, -0.15) is 5.10 Å². The van der Waals surface area contributed by atoms with Crippen LogP contribution in [-0.4, -0.2) is 44.3 Å². The van der Waals surface area contributed by atoms with Crippen LogP contribution in [-0.2, 0) is 13.6 Å². The van der Waals surface area contributed by atoms with Crippen molar-refractivity contribution in [2.24, 2.45) is 7.05 Å². The average molecular weight is 406 g/mol. The molecular formula is C23H27N5O2. The Morgan fingerprint density at radius 1 is 1.13 bits per heavy atom. The number of hydrogen-bond donors (Lipinski definition) is 1. The third kappa shape index (κ3) is 4.68. The maximum absolute atomic E-state index is 12.8. The van der Waals surface area contributed by atoms with Crippen LogP contribution >= 0.6 is 0 Å². The number of carbonyl (C=O) groups excluding carboxylic acids is 1. The molecule has 1 aromatic carbocycles. The predicted octanol–water partition coefficient (Wildman–Crippen LogP) is 2.36. The van der Waals surface area contributed by atoms with Gasteiger partial charge in [0.2, 0.25) is 0 Å². The van der Waals surface area contributed by atoms with Gasteiger partial charge in [0.25, 0.3) is 11.5 Å². The van der Waals surface area contributed by atoms with Crippen molar-refractivity contribution in [3.63, 3.8) is 0 Å². The zero-order valence-electron chi connectivity index (χ0n) is 17.2. The van der Waals surface area contributed by atoms with Crippen molar-refractivity contribution in [3.05, 3.63) is 82.5 Å². The van der Waals surface area contributed by atoms with Crippen molar-refractivity contribution < 1.29 is 4.79 Å². The van der Waals surface area contributed by atoms with Gasteiger partial charge in [-0.05, 0) is 31.0 Å². The summed E-state index contributed by atoms with van der Waals surface area (Å²) in [5, 5.41) is 7.17. The summed E-state index contributed by atoms with van der Waals surface area (Å²) in [7, 11) is 1.79. The highest BCUT2D eigenvalue weighted by molar-refractivity contribution is 5.93. The van der Waals surface area contributed by atoms with Crippen LogP contribution in [0.25, 0.3) is 5.69 Å². The van der Waals surface area contributed by atoms with Gasteiger partial charge in [0.1, 0.15) is 0 Å². The van der Waals surface area contributed by atoms with Crippen molar-refractivity contribution in [2.75, 3.05) is 13.1 Å². The molecule has 2 aromatic heterocycles. The molecular weight excluding hydrogens is 378 g/mol. The standard InChI is InChI=1S/C23H27N5O2/c1-26-17-21(14-25-26)28-16-19(10-11-22(28)29)23(30)24-13-20-9-5-6-12-27(20)15-18-7-3-2-4-8-18/h2-4,7-8,10-11,14,16-17,20H,5-6,9,12-13,15H2,1H3,(H,24,30)/t20-/m1/s1. The van der Waals surface area contributed by atoms with Gasteiger partial charge in [0.05, 0.1) is 17.4 Å². The second-order valence-electron chi connectivity index (χ2n) is 7.81. The maximum Gasteiger partial charge on any atom is 0.255 e. The minimum absolute atomic E-state index is 0.169. The van der Waals surface area contributed by atoms with Crippen molar-refractivity contribution in [1.82, 2.24) is 24.6 Å². The third-order valence-electron chi connectivity index (χ3n) is 5.62. The summed E-state index contributed by atoms with van der Waals surface area (Å²) in [5.74, 6) is -0.169. The lowest BCUT2D eigenvalue weighted by atomic mass is 10.0. The van der Waals surface area contributed by atoms with Crippen LogP contribution in [0.1, 0.15) is 35.2 Å². The predicted molar refractivity (Wildman–Crippen MR) is 116 cm³/mol. The van der Waals surface area contributed by atoms with E-state index in [1.54, 1.807) is 36.4 Å². The first-order chi connectivity index (χ1) is 14.6. The van der Waals surface area contributed by atoms with Crippen LogP contribution in [0, 0.1) is 0 Å². The Hall–Kier alpha value is -3.19. The lowest BCUT2D eigenvalue weighted by Crippen LogP contribution is -2.46. The number of nitrogens with one attached hydrogen (secondary N) is 1. The van der Waals surface area contributed by atoms with Gasteiger partial charge < -0.3 is 5.32 Å². The summed E-state index contributed by atoms with van der Waals surface area (Å²) < 4.78 is 3.07. The smallest absolute Gasteiger partial charge is 0.255 e. The van der Waals surface area contributed by atoms with Crippen molar-refractivity contribution in [1.29, 1.82) is 0 Å². The molecule has 0 radical (unpaired) electrons. The molecule has 0 aliphatic carbocycles. The number of aryl methyl sites for hydroxylation is 1. The molecule has 1 saturated heterocycles. The Morgan fingerprint density at radius 2 is 1.97 bits per heavy atom. The van der Waals surface area contributed by atoms with E-state index in [0.717, 1.165) is 19.5 Å². The first kappa shape index (κ1) is 20.1. The summed E-state index contributed by atoms with van der Waals surface area (Å²) >= 11 is 0. The summed E-state index contributed by atoms with van der Waals surface area (Å²) in [6, 6.07) is 13.8. The molecule has 1 fully saturated rings. The average Bonchev–Trinajstić information content (AvgIpc) is 3.20. The van der Waals surface area contributed by atoms with Gasteiger partial charge in [0.15, 0.2) is 0 Å². The fraction of sp³-hybridized carbons (Fsp3) is 0.348. The van der Waals surface area contributed by atoms with Gasteiger partial charge >= 0.3 is 0 Å². The van der Waals surface area contributed by atoms with E-state index in [0.29, 0.717) is 23.8 Å². The highest BCUT2D eigenvalue weighted by Gasteiger charge is 2.23. The Bertz CT molecular complexity index is 1060. The van der Waals surface area contributed by atoms with Gasteiger partial charge in [-0.25, -0.2) is 0 Å². The molecule has 1 aliphatic heterocycles. The van der Waals surface area contributed by atoms with Crippen LogP contribution in [0.3, 0.4) is 0 Å². The number of pyridine rings is 1. The molecule has 0 saturated carbocycles. The van der Waals surface area contributed by atoms with Crippen LogP contribution in [0.5, 0.6) is 0 Å². The summed E-state index contributed by atoms with van der Waals surface area (Å²) in [6.45, 7) is 2.53. The third-order valence-corrected chi connectivity index (χ3v) is 5.62. The van der Waals surface area contributed by atoms with E-state index in [1.165, 1.54) is 29.0 Å². The molecule has 0 bridgehead atoms. The Kier molecular flexibility index (Phi) is 6.09. The minimum atomic E-state index is -0.194. The SMILES string of the molecule is Cn1cc(-n2cc(C(=O)NC[C@H]3CCCCN3Cc3ccccc3)ccc2=O)cn1. The van der Waals surface area contributed by atoms with Gasteiger partial charge in [-0.3, -0.25) is 23.7 Å². The largest absolute Gasteiger partial charge is 0.350 e. The van der Waals surface area contributed by atoms with E-state index in [1.807, 2.05) is 6.07 Å². The molecule has 7 heteroatoms. The first-order valence-corrected chi connectivity index (χ1v) is 10.4. The fourth-order valence-corrected chi connectivity index (χ4v) is 3.99. The van der Waals surface area contributed by atoms with Gasteiger partial charge in [0, 0.05) is 44.6 Å². The van der Waals surface area contributed by atoms with E-state index < -0.39 is 0 Å². The highest BCUT2D eigenvalue weighted by atomic mass is 16.2. The quantitative estimate of drug-likeness (QED) is 0.683. The topological polar surface area (TPSA) is 72.2 Å². The van der Waals surface area contributed by atoms with E-state index in [2.05, 4.69) is 39.6 Å². The zero-order chi connectivity index (χ0) is 20.9. The number of piperidine rings is 1. The Balaban J connectivity index is 1.43. The molecule has 1 amide bonds. The van der Waals surface area contributed by atoms with Crippen LogP contribution in [0.4, 0.5) is 0 Å². The molecule has 3 aromatic rings. The number of hydrogen-bond acceptors (Lipinski definition) is 4. The highest BCUT2D eigenvalue weighted by Crippen LogP contribution is 2.19. The van der Waals surface area contributed by atoms with Crippen molar-refractivity contribution in [2.45, 2.75) is 31.8 Å². The second-order valence-corrected chi connectivity index (χ2v) is 7.81.